The molecule has 1 amide bonds. The number of carbonyl (C=O) groups excluding carboxylic acids is 1. The zero-order valence-electron chi connectivity index (χ0n) is 20.7. The van der Waals surface area contributed by atoms with Crippen LogP contribution in [0.3, 0.4) is 0 Å². The van der Waals surface area contributed by atoms with E-state index in [1.165, 1.54) is 16.4 Å². The number of benzene rings is 3. The molecule has 3 aromatic carbocycles. The number of hydrogen-bond donors (Lipinski definition) is 0. The van der Waals surface area contributed by atoms with Gasteiger partial charge in [-0.1, -0.05) is 35.6 Å². The molecule has 1 saturated heterocycles. The van der Waals surface area contributed by atoms with Gasteiger partial charge in [0.05, 0.1) is 22.4 Å². The van der Waals surface area contributed by atoms with E-state index in [4.69, 9.17) is 9.72 Å². The number of rotatable bonds is 7. The van der Waals surface area contributed by atoms with Crippen molar-refractivity contribution in [2.75, 3.05) is 49.0 Å². The highest BCUT2D eigenvalue weighted by atomic mass is 32.2. The summed E-state index contributed by atoms with van der Waals surface area (Å²) in [6.07, 6.45) is 0. The molecule has 4 aromatic rings. The largest absolute Gasteiger partial charge is 0.494 e. The van der Waals surface area contributed by atoms with Gasteiger partial charge in [-0.25, -0.2) is 13.4 Å². The van der Waals surface area contributed by atoms with Crippen molar-refractivity contribution in [3.63, 3.8) is 0 Å². The number of fused-ring (bicyclic) bond motifs is 1. The number of amides is 1. The number of carbonyl (C=O) groups is 1. The predicted octanol–water partition coefficient (Wildman–Crippen LogP) is 4.48. The van der Waals surface area contributed by atoms with Gasteiger partial charge in [-0.05, 0) is 55.5 Å². The molecule has 1 aliphatic heterocycles. The molecule has 8 nitrogen and oxygen atoms in total. The second-order valence-electron chi connectivity index (χ2n) is 8.61. The average molecular weight is 537 g/mol. The molecule has 0 radical (unpaired) electrons. The van der Waals surface area contributed by atoms with Gasteiger partial charge in [-0.3, -0.25) is 9.10 Å². The minimum Gasteiger partial charge on any atom is -0.494 e. The quantitative estimate of drug-likeness (QED) is 0.346. The van der Waals surface area contributed by atoms with Crippen molar-refractivity contribution in [3.05, 3.63) is 78.4 Å². The van der Waals surface area contributed by atoms with Crippen LogP contribution in [0.2, 0.25) is 0 Å². The molecule has 37 heavy (non-hydrogen) atoms. The van der Waals surface area contributed by atoms with Crippen LogP contribution < -0.4 is 13.9 Å². The third kappa shape index (κ3) is 4.86. The second kappa shape index (κ2) is 10.4. The van der Waals surface area contributed by atoms with Crippen molar-refractivity contribution in [2.24, 2.45) is 0 Å². The normalized spacial score (nSPS) is 14.1. The fourth-order valence-corrected chi connectivity index (χ4v) is 6.99. The first-order valence-corrected chi connectivity index (χ1v) is 14.3. The Hall–Kier alpha value is -3.63. The van der Waals surface area contributed by atoms with E-state index < -0.39 is 10.0 Å². The topological polar surface area (TPSA) is 83.1 Å². The van der Waals surface area contributed by atoms with Gasteiger partial charge in [-0.2, -0.15) is 0 Å². The predicted molar refractivity (Wildman–Crippen MR) is 147 cm³/mol. The number of nitrogens with zero attached hydrogens (tertiary/aromatic N) is 4. The van der Waals surface area contributed by atoms with Crippen LogP contribution in [0.15, 0.2) is 77.7 Å². The Morgan fingerprint density at radius 1 is 0.973 bits per heavy atom. The first-order valence-electron chi connectivity index (χ1n) is 12.1. The fraction of sp³-hybridized carbons (Fsp3) is 0.259. The summed E-state index contributed by atoms with van der Waals surface area (Å²) in [7, 11) is -2.10. The van der Waals surface area contributed by atoms with Gasteiger partial charge in [0.25, 0.3) is 15.9 Å². The second-order valence-corrected chi connectivity index (χ2v) is 11.5. The lowest BCUT2D eigenvalue weighted by molar-refractivity contribution is 0.0746. The Bertz CT molecular complexity index is 1500. The van der Waals surface area contributed by atoms with Crippen molar-refractivity contribution >= 4 is 48.3 Å². The van der Waals surface area contributed by atoms with Crippen LogP contribution in [0.1, 0.15) is 17.3 Å². The highest BCUT2D eigenvalue weighted by Gasteiger charge is 2.26. The third-order valence-electron chi connectivity index (χ3n) is 6.45. The summed E-state index contributed by atoms with van der Waals surface area (Å²) < 4.78 is 34.3. The lowest BCUT2D eigenvalue weighted by atomic mass is 10.2. The molecule has 0 atom stereocenters. The molecule has 2 heterocycles. The maximum absolute atomic E-state index is 13.2. The van der Waals surface area contributed by atoms with Crippen LogP contribution in [0.4, 0.5) is 10.8 Å². The van der Waals surface area contributed by atoms with E-state index in [2.05, 4.69) is 4.90 Å². The first-order chi connectivity index (χ1) is 17.9. The lowest BCUT2D eigenvalue weighted by Gasteiger charge is -2.34. The van der Waals surface area contributed by atoms with Gasteiger partial charge in [0.1, 0.15) is 11.3 Å². The minimum atomic E-state index is -3.74. The van der Waals surface area contributed by atoms with E-state index in [9.17, 15) is 13.2 Å². The fourth-order valence-electron chi connectivity index (χ4n) is 4.48. The molecule has 0 saturated carbocycles. The number of methoxy groups -OCH3 is 1. The Morgan fingerprint density at radius 2 is 1.68 bits per heavy atom. The Kier molecular flexibility index (Phi) is 7.03. The number of thiazole rings is 1. The highest BCUT2D eigenvalue weighted by molar-refractivity contribution is 7.92. The maximum Gasteiger partial charge on any atom is 0.264 e. The summed E-state index contributed by atoms with van der Waals surface area (Å²) in [6.45, 7) is 4.56. The zero-order valence-corrected chi connectivity index (χ0v) is 22.3. The minimum absolute atomic E-state index is 0.107. The molecular weight excluding hydrogens is 508 g/mol. The molecule has 1 fully saturated rings. The van der Waals surface area contributed by atoms with Crippen LogP contribution in [0, 0.1) is 0 Å². The van der Waals surface area contributed by atoms with E-state index in [0.29, 0.717) is 44.0 Å². The first kappa shape index (κ1) is 25.0. The number of hydrogen-bond acceptors (Lipinski definition) is 7. The smallest absolute Gasteiger partial charge is 0.264 e. The summed E-state index contributed by atoms with van der Waals surface area (Å²) in [5.41, 5.74) is 1.93. The van der Waals surface area contributed by atoms with E-state index >= 15 is 0 Å². The summed E-state index contributed by atoms with van der Waals surface area (Å²) in [6, 6.07) is 21.1. The van der Waals surface area contributed by atoms with Crippen molar-refractivity contribution in [1.29, 1.82) is 0 Å². The number of anilines is 2. The molecule has 0 unspecified atom stereocenters. The molecule has 1 aliphatic rings. The van der Waals surface area contributed by atoms with Gasteiger partial charge < -0.3 is 14.5 Å². The number of sulfonamides is 1. The van der Waals surface area contributed by atoms with Crippen molar-refractivity contribution in [2.45, 2.75) is 11.8 Å². The standard InChI is InChI=1S/C27H28N4O4S2/c1-3-31(21-8-5-4-6-9-21)37(33,34)22-14-12-20(13-15-22)26(32)29-16-18-30(19-17-29)27-28-25-23(35-2)10-7-11-24(25)36-27/h4-15H,3,16-19H2,1-2H3. The molecule has 0 spiro atoms. The summed E-state index contributed by atoms with van der Waals surface area (Å²) in [4.78, 5) is 22.1. The number of para-hydroxylation sites is 2. The van der Waals surface area contributed by atoms with Crippen molar-refractivity contribution in [3.8, 4) is 5.75 Å². The number of piperazine rings is 1. The monoisotopic (exact) mass is 536 g/mol. The summed E-state index contributed by atoms with van der Waals surface area (Å²) in [5.74, 6) is 0.648. The molecule has 0 N–H and O–H groups in total. The Morgan fingerprint density at radius 3 is 2.32 bits per heavy atom. The molecule has 0 bridgehead atoms. The zero-order chi connectivity index (χ0) is 26.0. The van der Waals surface area contributed by atoms with Crippen LogP contribution in [-0.2, 0) is 10.0 Å². The van der Waals surface area contributed by atoms with Gasteiger partial charge in [0.2, 0.25) is 0 Å². The Balaban J connectivity index is 1.26. The van der Waals surface area contributed by atoms with Crippen LogP contribution >= 0.6 is 11.3 Å². The third-order valence-corrected chi connectivity index (χ3v) is 9.45. The molecule has 10 heteroatoms. The summed E-state index contributed by atoms with van der Waals surface area (Å²) >= 11 is 1.62. The van der Waals surface area contributed by atoms with E-state index in [-0.39, 0.29) is 10.8 Å². The van der Waals surface area contributed by atoms with E-state index in [0.717, 1.165) is 21.1 Å². The van der Waals surface area contributed by atoms with Gasteiger partial charge >= 0.3 is 0 Å². The van der Waals surface area contributed by atoms with Crippen LogP contribution in [0.25, 0.3) is 10.2 Å². The van der Waals surface area contributed by atoms with Crippen molar-refractivity contribution < 1.29 is 17.9 Å². The molecule has 1 aromatic heterocycles. The molecule has 5 rings (SSSR count). The number of ether oxygens (including phenoxy) is 1. The van der Waals surface area contributed by atoms with E-state index in [1.54, 1.807) is 54.5 Å². The van der Waals surface area contributed by atoms with Gasteiger partial charge in [0.15, 0.2) is 5.13 Å². The lowest BCUT2D eigenvalue weighted by Crippen LogP contribution is -2.48. The van der Waals surface area contributed by atoms with Gasteiger partial charge in [0, 0.05) is 38.3 Å². The SMILES string of the molecule is CCN(c1ccccc1)S(=O)(=O)c1ccc(C(=O)N2CCN(c3nc4c(OC)cccc4s3)CC2)cc1. The van der Waals surface area contributed by atoms with Crippen LogP contribution in [0.5, 0.6) is 5.75 Å². The van der Waals surface area contributed by atoms with Crippen molar-refractivity contribution in [1.82, 2.24) is 9.88 Å². The number of aromatic nitrogens is 1. The molecular formula is C27H28N4O4S2. The molecule has 0 aliphatic carbocycles. The van der Waals surface area contributed by atoms with E-state index in [1.807, 2.05) is 36.4 Å². The van der Waals surface area contributed by atoms with Crippen LogP contribution in [-0.4, -0.2) is 64.0 Å². The average Bonchev–Trinajstić information content (AvgIpc) is 3.38. The molecule has 192 valence electrons. The maximum atomic E-state index is 13.2. The summed E-state index contributed by atoms with van der Waals surface area (Å²) in [5, 5.41) is 0.917. The van der Waals surface area contributed by atoms with Gasteiger partial charge in [-0.15, -0.1) is 0 Å². The highest BCUT2D eigenvalue weighted by Crippen LogP contribution is 2.34. The Labute approximate surface area is 220 Å².